The molecule has 0 aliphatic heterocycles. The van der Waals surface area contributed by atoms with Crippen LogP contribution in [0.25, 0.3) is 10.9 Å². The van der Waals surface area contributed by atoms with Crippen LogP contribution in [0.3, 0.4) is 0 Å². The number of fused-ring (bicyclic) bond motifs is 1. The van der Waals surface area contributed by atoms with E-state index in [9.17, 15) is 5.11 Å². The lowest BCUT2D eigenvalue weighted by Crippen LogP contribution is -2.24. The Hall–Kier alpha value is -3.22. The normalized spacial score (nSPS) is 17.2. The molecule has 2 aromatic heterocycles. The number of pyridine rings is 1. The Bertz CT molecular complexity index is 913. The molecule has 5 N–H and O–H groups in total. The molecule has 0 amide bonds. The Labute approximate surface area is 139 Å². The van der Waals surface area contributed by atoms with Crippen LogP contribution in [0.4, 0.5) is 5.82 Å². The Morgan fingerprint density at radius 2 is 2.17 bits per heavy atom. The number of anilines is 1. The lowest BCUT2D eigenvalue weighted by atomic mass is 9.92. The van der Waals surface area contributed by atoms with Gasteiger partial charge >= 0.3 is 0 Å². The maximum absolute atomic E-state index is 9.65. The van der Waals surface area contributed by atoms with Crippen LogP contribution in [-0.2, 0) is 0 Å². The van der Waals surface area contributed by atoms with E-state index in [4.69, 9.17) is 11.1 Å². The third-order valence-electron chi connectivity index (χ3n) is 3.81. The van der Waals surface area contributed by atoms with E-state index in [0.717, 1.165) is 5.57 Å². The Morgan fingerprint density at radius 3 is 2.92 bits per heavy atom. The molecule has 0 saturated heterocycles. The molecule has 7 nitrogen and oxygen atoms in total. The van der Waals surface area contributed by atoms with Crippen molar-refractivity contribution in [3.63, 3.8) is 0 Å². The minimum Gasteiger partial charge on any atom is -0.493 e. The van der Waals surface area contributed by atoms with E-state index >= 15 is 0 Å². The molecule has 1 aliphatic rings. The van der Waals surface area contributed by atoms with E-state index in [0.29, 0.717) is 33.8 Å². The van der Waals surface area contributed by atoms with E-state index in [-0.39, 0.29) is 11.9 Å². The molecule has 3 rings (SSSR count). The summed E-state index contributed by atoms with van der Waals surface area (Å²) >= 11 is 0. The first-order valence-electron chi connectivity index (χ1n) is 7.49. The predicted molar refractivity (Wildman–Crippen MR) is 94.0 cm³/mol. The van der Waals surface area contributed by atoms with Gasteiger partial charge in [-0.25, -0.2) is 15.0 Å². The summed E-state index contributed by atoms with van der Waals surface area (Å²) in [6, 6.07) is 1.39. The second kappa shape index (κ2) is 6.11. The summed E-state index contributed by atoms with van der Waals surface area (Å²) in [5, 5.41) is 21.6. The lowest BCUT2D eigenvalue weighted by molar-refractivity contribution is 0.454. The molecule has 0 aromatic carbocycles. The SMILES string of the molecule is Cc1nc(NC(C)C2=CC=CC(=N)/C2=C\N)c2cc(O)ncc2n1. The highest BCUT2D eigenvalue weighted by molar-refractivity contribution is 6.11. The highest BCUT2D eigenvalue weighted by atomic mass is 16.3. The topological polar surface area (TPSA) is 121 Å². The van der Waals surface area contributed by atoms with E-state index in [1.807, 2.05) is 19.1 Å². The number of hydrogen-bond donors (Lipinski definition) is 4. The van der Waals surface area contributed by atoms with Gasteiger partial charge in [0.25, 0.3) is 0 Å². The fourth-order valence-electron chi connectivity index (χ4n) is 2.68. The molecule has 2 aromatic rings. The number of hydrogen-bond acceptors (Lipinski definition) is 7. The third-order valence-corrected chi connectivity index (χ3v) is 3.81. The van der Waals surface area contributed by atoms with Crippen molar-refractivity contribution in [3.8, 4) is 5.88 Å². The van der Waals surface area contributed by atoms with Gasteiger partial charge in [-0.3, -0.25) is 0 Å². The van der Waals surface area contributed by atoms with Crippen molar-refractivity contribution in [3.05, 3.63) is 53.7 Å². The molecule has 0 bridgehead atoms. The summed E-state index contributed by atoms with van der Waals surface area (Å²) in [5.41, 5.74) is 8.27. The van der Waals surface area contributed by atoms with Gasteiger partial charge in [0, 0.05) is 23.2 Å². The summed E-state index contributed by atoms with van der Waals surface area (Å²) < 4.78 is 0. The van der Waals surface area contributed by atoms with Gasteiger partial charge in [0.15, 0.2) is 0 Å². The average Bonchev–Trinajstić information content (AvgIpc) is 2.55. The minimum absolute atomic E-state index is 0.0882. The minimum atomic E-state index is -0.141. The number of aryl methyl sites for hydroxylation is 1. The Kier molecular flexibility index (Phi) is 3.99. The van der Waals surface area contributed by atoms with Crippen molar-refractivity contribution in [2.45, 2.75) is 19.9 Å². The third kappa shape index (κ3) is 2.83. The number of rotatable bonds is 3. The van der Waals surface area contributed by atoms with Gasteiger partial charge in [0.2, 0.25) is 5.88 Å². The smallest absolute Gasteiger partial charge is 0.211 e. The molecule has 1 atom stereocenters. The van der Waals surface area contributed by atoms with Crippen LogP contribution in [0.1, 0.15) is 12.7 Å². The Balaban J connectivity index is 2.00. The van der Waals surface area contributed by atoms with Crippen LogP contribution in [0.5, 0.6) is 5.88 Å². The van der Waals surface area contributed by atoms with Crippen LogP contribution >= 0.6 is 0 Å². The molecule has 0 spiro atoms. The van der Waals surface area contributed by atoms with Crippen molar-refractivity contribution < 1.29 is 5.11 Å². The van der Waals surface area contributed by atoms with Gasteiger partial charge in [0.1, 0.15) is 11.6 Å². The molecule has 0 radical (unpaired) electrons. The van der Waals surface area contributed by atoms with E-state index in [1.54, 1.807) is 13.0 Å². The molecular formula is C17H18N6O. The van der Waals surface area contributed by atoms with Crippen molar-refractivity contribution in [2.24, 2.45) is 5.73 Å². The van der Waals surface area contributed by atoms with Gasteiger partial charge in [0.05, 0.1) is 23.5 Å². The summed E-state index contributed by atoms with van der Waals surface area (Å²) in [6.45, 7) is 3.76. The fourth-order valence-corrected chi connectivity index (χ4v) is 2.68. The number of allylic oxidation sites excluding steroid dienone is 3. The maximum Gasteiger partial charge on any atom is 0.211 e. The molecular weight excluding hydrogens is 304 g/mol. The maximum atomic E-state index is 9.65. The molecule has 7 heteroatoms. The van der Waals surface area contributed by atoms with Gasteiger partial charge < -0.3 is 21.6 Å². The highest BCUT2D eigenvalue weighted by Gasteiger charge is 2.19. The first-order valence-corrected chi connectivity index (χ1v) is 7.49. The first-order chi connectivity index (χ1) is 11.5. The van der Waals surface area contributed by atoms with E-state index < -0.39 is 0 Å². The second-order valence-corrected chi connectivity index (χ2v) is 5.52. The predicted octanol–water partition coefficient (Wildman–Crippen LogP) is 2.20. The number of nitrogens with zero attached hydrogens (tertiary/aromatic N) is 3. The highest BCUT2D eigenvalue weighted by Crippen LogP contribution is 2.26. The molecule has 2 heterocycles. The molecule has 1 aliphatic carbocycles. The number of nitrogens with one attached hydrogen (secondary N) is 2. The summed E-state index contributed by atoms with van der Waals surface area (Å²) in [4.78, 5) is 12.6. The van der Waals surface area contributed by atoms with Crippen molar-refractivity contribution in [2.75, 3.05) is 5.32 Å². The lowest BCUT2D eigenvalue weighted by Gasteiger charge is -2.22. The van der Waals surface area contributed by atoms with Gasteiger partial charge in [-0.2, -0.15) is 0 Å². The summed E-state index contributed by atoms with van der Waals surface area (Å²) in [6.07, 6.45) is 8.39. The fraction of sp³-hybridized carbons (Fsp3) is 0.176. The molecule has 1 unspecified atom stereocenters. The standard InChI is InChI=1S/C17H18N6O/c1-9(11-4-3-5-14(19)13(11)7-18)21-17-12-6-16(24)20-8-15(12)22-10(2)23-17/h3-9,19H,18H2,1-2H3,(H,20,24)(H,21,22,23)/b13-7-,19-14?. The zero-order chi connectivity index (χ0) is 17.3. The number of aromatic nitrogens is 3. The first kappa shape index (κ1) is 15.7. The van der Waals surface area contributed by atoms with Crippen LogP contribution < -0.4 is 11.1 Å². The van der Waals surface area contributed by atoms with Gasteiger partial charge in [-0.1, -0.05) is 12.2 Å². The summed E-state index contributed by atoms with van der Waals surface area (Å²) in [7, 11) is 0. The molecule has 0 saturated carbocycles. The van der Waals surface area contributed by atoms with Gasteiger partial charge in [-0.15, -0.1) is 0 Å². The molecule has 122 valence electrons. The van der Waals surface area contributed by atoms with Crippen molar-refractivity contribution in [1.29, 1.82) is 5.41 Å². The van der Waals surface area contributed by atoms with E-state index in [1.165, 1.54) is 18.5 Å². The Morgan fingerprint density at radius 1 is 1.38 bits per heavy atom. The quantitative estimate of drug-likeness (QED) is 0.687. The zero-order valence-electron chi connectivity index (χ0n) is 13.4. The zero-order valence-corrected chi connectivity index (χ0v) is 13.4. The molecule has 24 heavy (non-hydrogen) atoms. The van der Waals surface area contributed by atoms with Crippen molar-refractivity contribution in [1.82, 2.24) is 15.0 Å². The van der Waals surface area contributed by atoms with Crippen LogP contribution in [0, 0.1) is 12.3 Å². The number of nitrogens with two attached hydrogens (primary N) is 1. The summed E-state index contributed by atoms with van der Waals surface area (Å²) in [5.74, 6) is 1.11. The van der Waals surface area contributed by atoms with Crippen LogP contribution in [-0.4, -0.2) is 31.8 Å². The van der Waals surface area contributed by atoms with Crippen LogP contribution in [0.2, 0.25) is 0 Å². The van der Waals surface area contributed by atoms with E-state index in [2.05, 4.69) is 20.3 Å². The number of aromatic hydroxyl groups is 1. The monoisotopic (exact) mass is 322 g/mol. The largest absolute Gasteiger partial charge is 0.493 e. The average molecular weight is 322 g/mol. The second-order valence-electron chi connectivity index (χ2n) is 5.52. The van der Waals surface area contributed by atoms with Gasteiger partial charge in [-0.05, 0) is 25.5 Å². The van der Waals surface area contributed by atoms with Crippen LogP contribution in [0.15, 0.2) is 47.8 Å². The molecule has 0 fully saturated rings. The van der Waals surface area contributed by atoms with Crippen molar-refractivity contribution >= 4 is 22.4 Å².